The van der Waals surface area contributed by atoms with Gasteiger partial charge in [-0.2, -0.15) is 5.10 Å². The van der Waals surface area contributed by atoms with Crippen LogP contribution < -0.4 is 10.2 Å². The van der Waals surface area contributed by atoms with Crippen molar-refractivity contribution in [1.29, 1.82) is 0 Å². The molecule has 1 aliphatic carbocycles. The number of piperazine rings is 1. The average Bonchev–Trinajstić information content (AvgIpc) is 3.57. The second kappa shape index (κ2) is 8.70. The molecule has 166 valence electrons. The molecule has 0 amide bonds. The first-order valence-corrected chi connectivity index (χ1v) is 11.3. The predicted octanol–water partition coefficient (Wildman–Crippen LogP) is 3.05. The maximum Gasteiger partial charge on any atom is 0.222 e. The predicted molar refractivity (Wildman–Crippen MR) is 125 cm³/mol. The van der Waals surface area contributed by atoms with Crippen molar-refractivity contribution in [2.45, 2.75) is 38.9 Å². The summed E-state index contributed by atoms with van der Waals surface area (Å²) < 4.78 is 1.83. The van der Waals surface area contributed by atoms with Gasteiger partial charge in [-0.1, -0.05) is 18.2 Å². The number of nitrogens with one attached hydrogen (secondary N) is 1. The van der Waals surface area contributed by atoms with Crippen LogP contribution in [0, 0.1) is 13.8 Å². The molecule has 1 aliphatic heterocycles. The zero-order chi connectivity index (χ0) is 22.1. The van der Waals surface area contributed by atoms with Gasteiger partial charge in [0.15, 0.2) is 12.5 Å². The third kappa shape index (κ3) is 4.23. The standard InChI is InChI=1S/C24H29N7O/c1-17-13-18(2)31(28-17)23(16-32)30-11-9-29(10-12-30)22-6-4-3-5-21(22)19-14-25-24(26-15-19)27-20-7-8-20/h3-6,13-16,20,23H,7-12H2,1-2H3,(H,25,26,27). The molecule has 0 spiro atoms. The van der Waals surface area contributed by atoms with Crippen molar-refractivity contribution in [3.05, 3.63) is 54.1 Å². The summed E-state index contributed by atoms with van der Waals surface area (Å²) in [5, 5.41) is 7.87. The van der Waals surface area contributed by atoms with Crippen molar-refractivity contribution in [2.75, 3.05) is 36.4 Å². The number of benzene rings is 1. The first-order valence-electron chi connectivity index (χ1n) is 11.3. The van der Waals surface area contributed by atoms with Gasteiger partial charge in [0.1, 0.15) is 0 Å². The van der Waals surface area contributed by atoms with E-state index in [0.717, 1.165) is 55.0 Å². The van der Waals surface area contributed by atoms with E-state index < -0.39 is 0 Å². The highest BCUT2D eigenvalue weighted by Gasteiger charge is 2.27. The monoisotopic (exact) mass is 431 g/mol. The Bertz CT molecular complexity index is 1080. The van der Waals surface area contributed by atoms with Crippen LogP contribution in [0.5, 0.6) is 0 Å². The van der Waals surface area contributed by atoms with Crippen LogP contribution in [0.2, 0.25) is 0 Å². The summed E-state index contributed by atoms with van der Waals surface area (Å²) in [4.78, 5) is 25.5. The van der Waals surface area contributed by atoms with Crippen LogP contribution in [0.1, 0.15) is 30.4 Å². The minimum absolute atomic E-state index is 0.360. The maximum absolute atomic E-state index is 11.9. The van der Waals surface area contributed by atoms with Gasteiger partial charge in [-0.15, -0.1) is 0 Å². The van der Waals surface area contributed by atoms with Gasteiger partial charge in [0.05, 0.1) is 5.69 Å². The van der Waals surface area contributed by atoms with E-state index in [4.69, 9.17) is 0 Å². The Labute approximate surface area is 188 Å². The van der Waals surface area contributed by atoms with E-state index in [1.807, 2.05) is 37.0 Å². The molecule has 2 aliphatic rings. The first-order chi connectivity index (χ1) is 15.6. The molecule has 32 heavy (non-hydrogen) atoms. The van der Waals surface area contributed by atoms with E-state index in [2.05, 4.69) is 54.4 Å². The molecule has 1 unspecified atom stereocenters. The molecule has 0 radical (unpaired) electrons. The van der Waals surface area contributed by atoms with Crippen molar-refractivity contribution >= 4 is 17.9 Å². The van der Waals surface area contributed by atoms with E-state index in [1.165, 1.54) is 18.5 Å². The zero-order valence-corrected chi connectivity index (χ0v) is 18.6. The summed E-state index contributed by atoms with van der Waals surface area (Å²) in [6.45, 7) is 7.20. The van der Waals surface area contributed by atoms with Gasteiger partial charge in [0, 0.05) is 67.1 Å². The molecule has 3 heterocycles. The van der Waals surface area contributed by atoms with E-state index in [0.29, 0.717) is 12.0 Å². The topological polar surface area (TPSA) is 79.2 Å². The number of anilines is 2. The highest BCUT2D eigenvalue weighted by molar-refractivity contribution is 5.78. The lowest BCUT2D eigenvalue weighted by atomic mass is 10.1. The molecule has 1 saturated heterocycles. The van der Waals surface area contributed by atoms with Crippen LogP contribution in [-0.4, -0.2) is 63.2 Å². The fraction of sp³-hybridized carbons (Fsp3) is 0.417. The molecule has 1 N–H and O–H groups in total. The number of hydrogen-bond acceptors (Lipinski definition) is 7. The average molecular weight is 432 g/mol. The van der Waals surface area contributed by atoms with Gasteiger partial charge >= 0.3 is 0 Å². The zero-order valence-electron chi connectivity index (χ0n) is 18.6. The number of para-hydroxylation sites is 1. The second-order valence-corrected chi connectivity index (χ2v) is 8.68. The van der Waals surface area contributed by atoms with E-state index in [-0.39, 0.29) is 6.17 Å². The lowest BCUT2D eigenvalue weighted by molar-refractivity contribution is -0.116. The van der Waals surface area contributed by atoms with Gasteiger partial charge in [-0.3, -0.25) is 9.69 Å². The first kappa shape index (κ1) is 20.6. The number of aldehydes is 1. The van der Waals surface area contributed by atoms with Gasteiger partial charge in [0.25, 0.3) is 0 Å². The minimum atomic E-state index is -0.360. The van der Waals surface area contributed by atoms with Crippen LogP contribution in [0.4, 0.5) is 11.6 Å². The lowest BCUT2D eigenvalue weighted by Gasteiger charge is -2.39. The van der Waals surface area contributed by atoms with Gasteiger partial charge in [0.2, 0.25) is 5.95 Å². The van der Waals surface area contributed by atoms with Crippen molar-refractivity contribution in [2.24, 2.45) is 0 Å². The van der Waals surface area contributed by atoms with Crippen molar-refractivity contribution < 1.29 is 4.79 Å². The van der Waals surface area contributed by atoms with Crippen molar-refractivity contribution in [1.82, 2.24) is 24.6 Å². The number of nitrogens with zero attached hydrogens (tertiary/aromatic N) is 6. The lowest BCUT2D eigenvalue weighted by Crippen LogP contribution is -2.49. The number of aromatic nitrogens is 4. The summed E-state index contributed by atoms with van der Waals surface area (Å²) in [5.41, 5.74) is 5.25. The van der Waals surface area contributed by atoms with Crippen LogP contribution >= 0.6 is 0 Å². The summed E-state index contributed by atoms with van der Waals surface area (Å²) in [7, 11) is 0. The van der Waals surface area contributed by atoms with Crippen LogP contribution in [0.15, 0.2) is 42.7 Å². The summed E-state index contributed by atoms with van der Waals surface area (Å²) in [6, 6.07) is 10.9. The Morgan fingerprint density at radius 3 is 2.41 bits per heavy atom. The fourth-order valence-corrected chi connectivity index (χ4v) is 4.39. The molecule has 2 fully saturated rings. The molecule has 8 nitrogen and oxygen atoms in total. The molecule has 3 aromatic rings. The van der Waals surface area contributed by atoms with Crippen molar-refractivity contribution in [3.63, 3.8) is 0 Å². The molecule has 8 heteroatoms. The Hall–Kier alpha value is -3.26. The third-order valence-corrected chi connectivity index (χ3v) is 6.22. The number of carbonyl (C=O) groups excluding carboxylic acids is 1. The normalized spacial score (nSPS) is 17.9. The van der Waals surface area contributed by atoms with E-state index in [9.17, 15) is 4.79 Å². The summed E-state index contributed by atoms with van der Waals surface area (Å²) >= 11 is 0. The van der Waals surface area contributed by atoms with Gasteiger partial charge in [-0.25, -0.2) is 14.6 Å². The summed E-state index contributed by atoms with van der Waals surface area (Å²) in [6.07, 6.45) is 6.84. The highest BCUT2D eigenvalue weighted by atomic mass is 16.1. The highest BCUT2D eigenvalue weighted by Crippen LogP contribution is 2.32. The Morgan fingerprint density at radius 1 is 1.06 bits per heavy atom. The number of rotatable bonds is 7. The van der Waals surface area contributed by atoms with Crippen LogP contribution in [-0.2, 0) is 4.79 Å². The molecule has 1 saturated carbocycles. The Morgan fingerprint density at radius 2 is 1.78 bits per heavy atom. The molecule has 2 aromatic heterocycles. The molecular formula is C24H29N7O. The smallest absolute Gasteiger partial charge is 0.222 e. The molecule has 1 atom stereocenters. The van der Waals surface area contributed by atoms with Crippen LogP contribution in [0.25, 0.3) is 11.1 Å². The Kier molecular flexibility index (Phi) is 5.61. The van der Waals surface area contributed by atoms with Crippen molar-refractivity contribution in [3.8, 4) is 11.1 Å². The molecule has 1 aromatic carbocycles. The Balaban J connectivity index is 1.30. The fourth-order valence-electron chi connectivity index (χ4n) is 4.39. The minimum Gasteiger partial charge on any atom is -0.368 e. The number of carbonyl (C=O) groups is 1. The van der Waals surface area contributed by atoms with E-state index in [1.54, 1.807) is 0 Å². The number of hydrogen-bond donors (Lipinski definition) is 1. The van der Waals surface area contributed by atoms with Gasteiger partial charge in [-0.05, 0) is 38.8 Å². The quantitative estimate of drug-likeness (QED) is 0.576. The second-order valence-electron chi connectivity index (χ2n) is 8.68. The molecule has 0 bridgehead atoms. The maximum atomic E-state index is 11.9. The molecule has 5 rings (SSSR count). The number of aryl methyl sites for hydroxylation is 2. The summed E-state index contributed by atoms with van der Waals surface area (Å²) in [5.74, 6) is 0.700. The third-order valence-electron chi connectivity index (χ3n) is 6.22. The molecular weight excluding hydrogens is 402 g/mol. The largest absolute Gasteiger partial charge is 0.368 e. The SMILES string of the molecule is Cc1cc(C)n(C(C=O)N2CCN(c3ccccc3-c3cnc(NC4CC4)nc3)CC2)n1. The van der Waals surface area contributed by atoms with Crippen LogP contribution in [0.3, 0.4) is 0 Å². The van der Waals surface area contributed by atoms with Gasteiger partial charge < -0.3 is 10.2 Å². The van der Waals surface area contributed by atoms with E-state index >= 15 is 0 Å².